The number of nitrogens with one attached hydrogen (secondary N) is 1. The molecule has 154 valence electrons. The van der Waals surface area contributed by atoms with Crippen molar-refractivity contribution in [2.75, 3.05) is 20.2 Å². The van der Waals surface area contributed by atoms with E-state index in [1.54, 1.807) is 18.7 Å². The van der Waals surface area contributed by atoms with E-state index in [1.165, 1.54) is 4.68 Å². The Balaban J connectivity index is 1.60. The highest BCUT2D eigenvalue weighted by molar-refractivity contribution is 5.98. The van der Waals surface area contributed by atoms with Crippen LogP contribution in [0.3, 0.4) is 0 Å². The van der Waals surface area contributed by atoms with Crippen LogP contribution in [-0.4, -0.2) is 50.3 Å². The van der Waals surface area contributed by atoms with Crippen molar-refractivity contribution < 1.29 is 9.53 Å². The van der Waals surface area contributed by atoms with Crippen LogP contribution in [0, 0.1) is 0 Å². The number of benzene rings is 1. The lowest BCUT2D eigenvalue weighted by atomic mass is 9.96. The maximum atomic E-state index is 13.2. The number of hydrogen-bond acceptors (Lipinski definition) is 4. The van der Waals surface area contributed by atoms with Crippen LogP contribution in [0.1, 0.15) is 55.0 Å². The third-order valence-corrected chi connectivity index (χ3v) is 5.63. The van der Waals surface area contributed by atoms with E-state index in [9.17, 15) is 9.59 Å². The monoisotopic (exact) mass is 397 g/mol. The summed E-state index contributed by atoms with van der Waals surface area (Å²) in [5, 5.41) is 5.46. The van der Waals surface area contributed by atoms with E-state index in [0.717, 1.165) is 35.3 Å². The van der Waals surface area contributed by atoms with Crippen LogP contribution in [-0.2, 0) is 7.05 Å². The largest absolute Gasteiger partial charge is 0.497 e. The average molecular weight is 397 g/mol. The van der Waals surface area contributed by atoms with E-state index in [1.807, 2.05) is 43.0 Å². The summed E-state index contributed by atoms with van der Waals surface area (Å²) >= 11 is 0. The van der Waals surface area contributed by atoms with Gasteiger partial charge < -0.3 is 14.6 Å². The van der Waals surface area contributed by atoms with Crippen molar-refractivity contribution in [3.05, 3.63) is 46.3 Å². The number of carbonyl (C=O) groups excluding carboxylic acids is 1. The minimum absolute atomic E-state index is 0.0285. The molecule has 4 rings (SSSR count). The van der Waals surface area contributed by atoms with E-state index in [2.05, 4.69) is 10.1 Å². The third kappa shape index (κ3) is 3.43. The molecule has 0 aliphatic carbocycles. The molecule has 3 heterocycles. The van der Waals surface area contributed by atoms with Gasteiger partial charge in [0.05, 0.1) is 7.11 Å². The summed E-state index contributed by atoms with van der Waals surface area (Å²) in [4.78, 5) is 30.7. The number of aromatic nitrogens is 4. The summed E-state index contributed by atoms with van der Waals surface area (Å²) in [5.74, 6) is 1.54. The lowest BCUT2D eigenvalue weighted by Gasteiger charge is -2.32. The number of likely N-dealkylation sites (tertiary alicyclic amines) is 1. The molecule has 1 atom stereocenters. The normalized spacial score (nSPS) is 17.3. The van der Waals surface area contributed by atoms with E-state index < -0.39 is 0 Å². The Hall–Kier alpha value is -3.03. The number of piperidine rings is 1. The SMILES string of the molecule is COc1ccc2cc(C(=O)N3CCCC(c4nn(C)c(=O)n4C(C)C)C3)[nH]c2c1. The Morgan fingerprint density at radius 2 is 2.10 bits per heavy atom. The fraction of sp³-hybridized carbons (Fsp3) is 0.476. The number of aromatic amines is 1. The molecule has 0 saturated carbocycles. The van der Waals surface area contributed by atoms with Gasteiger partial charge in [0, 0.05) is 49.1 Å². The molecule has 8 heteroatoms. The highest BCUT2D eigenvalue weighted by Gasteiger charge is 2.30. The molecule has 1 aliphatic rings. The van der Waals surface area contributed by atoms with E-state index in [-0.39, 0.29) is 23.6 Å². The van der Waals surface area contributed by atoms with Crippen molar-refractivity contribution in [1.29, 1.82) is 0 Å². The summed E-state index contributed by atoms with van der Waals surface area (Å²) in [7, 11) is 3.30. The Bertz CT molecular complexity index is 1110. The average Bonchev–Trinajstić information content (AvgIpc) is 3.28. The van der Waals surface area contributed by atoms with Crippen LogP contribution in [0.25, 0.3) is 10.9 Å². The fourth-order valence-corrected chi connectivity index (χ4v) is 4.15. The predicted octanol–water partition coefficient (Wildman–Crippen LogP) is 2.67. The number of methoxy groups -OCH3 is 1. The second-order valence-corrected chi connectivity index (χ2v) is 7.95. The molecule has 1 unspecified atom stereocenters. The van der Waals surface area contributed by atoms with Crippen LogP contribution in [0.5, 0.6) is 5.75 Å². The number of carbonyl (C=O) groups is 1. The van der Waals surface area contributed by atoms with Gasteiger partial charge in [-0.3, -0.25) is 9.36 Å². The Morgan fingerprint density at radius 3 is 2.83 bits per heavy atom. The summed E-state index contributed by atoms with van der Waals surface area (Å²) in [6.45, 7) is 5.22. The van der Waals surface area contributed by atoms with Crippen LogP contribution >= 0.6 is 0 Å². The maximum Gasteiger partial charge on any atom is 0.345 e. The second-order valence-electron chi connectivity index (χ2n) is 7.95. The van der Waals surface area contributed by atoms with Gasteiger partial charge in [-0.25, -0.2) is 9.48 Å². The zero-order chi connectivity index (χ0) is 20.7. The molecule has 2 aromatic heterocycles. The number of aryl methyl sites for hydroxylation is 1. The molecule has 3 aromatic rings. The Labute approximate surface area is 169 Å². The van der Waals surface area contributed by atoms with E-state index >= 15 is 0 Å². The second kappa shape index (κ2) is 7.42. The van der Waals surface area contributed by atoms with E-state index in [4.69, 9.17) is 4.74 Å². The van der Waals surface area contributed by atoms with Crippen LogP contribution in [0.15, 0.2) is 29.1 Å². The molecule has 1 saturated heterocycles. The first-order chi connectivity index (χ1) is 13.9. The molecule has 0 spiro atoms. The summed E-state index contributed by atoms with van der Waals surface area (Å²) < 4.78 is 8.40. The van der Waals surface area contributed by atoms with Gasteiger partial charge in [-0.05, 0) is 44.9 Å². The van der Waals surface area contributed by atoms with Gasteiger partial charge in [0.25, 0.3) is 5.91 Å². The molecule has 0 radical (unpaired) electrons. The smallest absolute Gasteiger partial charge is 0.345 e. The van der Waals surface area contributed by atoms with Crippen LogP contribution < -0.4 is 10.4 Å². The molecular formula is C21H27N5O3. The highest BCUT2D eigenvalue weighted by Crippen LogP contribution is 2.28. The first-order valence-electron chi connectivity index (χ1n) is 10.0. The van der Waals surface area contributed by atoms with Gasteiger partial charge in [-0.15, -0.1) is 0 Å². The minimum Gasteiger partial charge on any atom is -0.497 e. The van der Waals surface area contributed by atoms with Crippen molar-refractivity contribution in [2.24, 2.45) is 7.05 Å². The third-order valence-electron chi connectivity index (χ3n) is 5.63. The number of hydrogen-bond donors (Lipinski definition) is 1. The molecule has 29 heavy (non-hydrogen) atoms. The maximum absolute atomic E-state index is 13.2. The minimum atomic E-state index is -0.108. The predicted molar refractivity (Wildman–Crippen MR) is 111 cm³/mol. The van der Waals surface area contributed by atoms with E-state index in [0.29, 0.717) is 18.8 Å². The van der Waals surface area contributed by atoms with Gasteiger partial charge in [0.2, 0.25) is 0 Å². The molecule has 1 fully saturated rings. The zero-order valence-corrected chi connectivity index (χ0v) is 17.3. The van der Waals surface area contributed by atoms with Gasteiger partial charge in [0.15, 0.2) is 0 Å². The number of nitrogens with zero attached hydrogens (tertiary/aromatic N) is 4. The molecule has 8 nitrogen and oxygen atoms in total. The highest BCUT2D eigenvalue weighted by atomic mass is 16.5. The first kappa shape index (κ1) is 19.3. The van der Waals surface area contributed by atoms with Gasteiger partial charge in [-0.2, -0.15) is 5.10 Å². The van der Waals surface area contributed by atoms with Crippen molar-refractivity contribution >= 4 is 16.8 Å². The lowest BCUT2D eigenvalue weighted by Crippen LogP contribution is -2.40. The Kier molecular flexibility index (Phi) is 4.94. The summed E-state index contributed by atoms with van der Waals surface area (Å²) in [5.41, 5.74) is 1.33. The Morgan fingerprint density at radius 1 is 1.31 bits per heavy atom. The van der Waals surface area contributed by atoms with Crippen molar-refractivity contribution in [2.45, 2.75) is 38.6 Å². The first-order valence-corrected chi connectivity index (χ1v) is 10.0. The molecule has 1 amide bonds. The quantitative estimate of drug-likeness (QED) is 0.733. The lowest BCUT2D eigenvalue weighted by molar-refractivity contribution is 0.0698. The van der Waals surface area contributed by atoms with Crippen molar-refractivity contribution in [3.8, 4) is 5.75 Å². The van der Waals surface area contributed by atoms with Gasteiger partial charge in [0.1, 0.15) is 17.3 Å². The van der Waals surface area contributed by atoms with Crippen LogP contribution in [0.2, 0.25) is 0 Å². The molecular weight excluding hydrogens is 370 g/mol. The molecule has 1 N–H and O–H groups in total. The number of H-pyrrole nitrogens is 1. The fourth-order valence-electron chi connectivity index (χ4n) is 4.15. The molecule has 1 aliphatic heterocycles. The van der Waals surface area contributed by atoms with Crippen molar-refractivity contribution in [1.82, 2.24) is 24.2 Å². The van der Waals surface area contributed by atoms with Gasteiger partial charge in [-0.1, -0.05) is 0 Å². The standard InChI is InChI=1S/C21H27N5O3/c1-13(2)26-19(23-24(3)21(26)28)15-6-5-9-25(12-15)20(27)18-10-14-7-8-16(29-4)11-17(14)22-18/h7-8,10-11,13,15,22H,5-6,9,12H2,1-4H3. The summed E-state index contributed by atoms with van der Waals surface area (Å²) in [6.07, 6.45) is 1.80. The van der Waals surface area contributed by atoms with Crippen LogP contribution in [0.4, 0.5) is 0 Å². The molecule has 1 aromatic carbocycles. The zero-order valence-electron chi connectivity index (χ0n) is 17.3. The summed E-state index contributed by atoms with van der Waals surface area (Å²) in [6, 6.07) is 7.62. The number of amides is 1. The topological polar surface area (TPSA) is 85.2 Å². The van der Waals surface area contributed by atoms with Gasteiger partial charge >= 0.3 is 5.69 Å². The molecule has 0 bridgehead atoms. The van der Waals surface area contributed by atoms with Crippen molar-refractivity contribution in [3.63, 3.8) is 0 Å². The number of ether oxygens (including phenoxy) is 1. The number of rotatable bonds is 4. The number of fused-ring (bicyclic) bond motifs is 1.